The van der Waals surface area contributed by atoms with Crippen LogP contribution in [0.5, 0.6) is 0 Å². The molecule has 186 valence electrons. The molecule has 0 saturated heterocycles. The molecule has 0 aliphatic heterocycles. The summed E-state index contributed by atoms with van der Waals surface area (Å²) in [5.41, 5.74) is 11.7. The second-order valence-electron chi connectivity index (χ2n) is 10.9. The topological polar surface area (TPSA) is 30.7 Å². The first-order valence-electron chi connectivity index (χ1n) is 12.9. The molecule has 0 spiro atoms. The molecule has 0 N–H and O–H groups in total. The number of benzene rings is 4. The summed E-state index contributed by atoms with van der Waals surface area (Å²) < 4.78 is 2.04. The van der Waals surface area contributed by atoms with Crippen LogP contribution in [0.1, 0.15) is 52.8 Å². The lowest BCUT2D eigenvalue weighted by Gasteiger charge is -2.26. The Hall–Kier alpha value is -3.98. The van der Waals surface area contributed by atoms with E-state index in [2.05, 4.69) is 133 Å². The SMILES string of the molecule is Cc1cc(C)cc(-c2nc(-c3ccc(C(C)(C)c4ccccc4)cc3)n(-c3c(C)cc(C)cc3C)n2)c1. The van der Waals surface area contributed by atoms with E-state index < -0.39 is 0 Å². The molecule has 0 atom stereocenters. The Morgan fingerprint density at radius 3 is 1.73 bits per heavy atom. The third kappa shape index (κ3) is 4.74. The molecule has 0 saturated carbocycles. The lowest BCUT2D eigenvalue weighted by atomic mass is 9.78. The first-order valence-corrected chi connectivity index (χ1v) is 12.9. The van der Waals surface area contributed by atoms with Gasteiger partial charge < -0.3 is 0 Å². The molecule has 5 rings (SSSR count). The molecule has 0 bridgehead atoms. The standard InChI is InChI=1S/C34H35N3/c1-22-17-23(2)21-28(20-22)32-35-33(37(36-32)31-25(4)18-24(3)19-26(31)5)27-13-15-30(16-14-27)34(6,7)29-11-9-8-10-12-29/h8-21H,1-7H3. The zero-order valence-electron chi connectivity index (χ0n) is 22.9. The van der Waals surface area contributed by atoms with Crippen LogP contribution in [0.15, 0.2) is 84.9 Å². The maximum atomic E-state index is 5.12. The van der Waals surface area contributed by atoms with Crippen LogP contribution in [0.25, 0.3) is 28.5 Å². The number of rotatable bonds is 5. The summed E-state index contributed by atoms with van der Waals surface area (Å²) >= 11 is 0. The monoisotopic (exact) mass is 485 g/mol. The Morgan fingerprint density at radius 2 is 1.14 bits per heavy atom. The van der Waals surface area contributed by atoms with Gasteiger partial charge in [-0.2, -0.15) is 0 Å². The van der Waals surface area contributed by atoms with E-state index in [1.54, 1.807) is 0 Å². The van der Waals surface area contributed by atoms with Crippen molar-refractivity contribution >= 4 is 0 Å². The Bertz CT molecular complexity index is 1530. The smallest absolute Gasteiger partial charge is 0.182 e. The van der Waals surface area contributed by atoms with Crippen LogP contribution in [0.3, 0.4) is 0 Å². The highest BCUT2D eigenvalue weighted by molar-refractivity contribution is 5.66. The molecule has 1 heterocycles. The van der Waals surface area contributed by atoms with Gasteiger partial charge in [0.1, 0.15) is 0 Å². The minimum atomic E-state index is -0.0954. The summed E-state index contributed by atoms with van der Waals surface area (Å²) in [5, 5.41) is 5.08. The molecule has 0 aliphatic carbocycles. The third-order valence-electron chi connectivity index (χ3n) is 7.29. The van der Waals surface area contributed by atoms with Crippen molar-refractivity contribution in [2.24, 2.45) is 0 Å². The van der Waals surface area contributed by atoms with Crippen molar-refractivity contribution in [2.45, 2.75) is 53.9 Å². The van der Waals surface area contributed by atoms with Crippen molar-refractivity contribution in [3.05, 3.63) is 124 Å². The zero-order chi connectivity index (χ0) is 26.3. The van der Waals surface area contributed by atoms with Gasteiger partial charge in [0.25, 0.3) is 0 Å². The lowest BCUT2D eigenvalue weighted by Crippen LogP contribution is -2.18. The van der Waals surface area contributed by atoms with Gasteiger partial charge in [0.05, 0.1) is 5.69 Å². The van der Waals surface area contributed by atoms with E-state index in [9.17, 15) is 0 Å². The number of hydrogen-bond acceptors (Lipinski definition) is 2. The predicted octanol–water partition coefficient (Wildman–Crippen LogP) is 8.47. The maximum Gasteiger partial charge on any atom is 0.182 e. The minimum absolute atomic E-state index is 0.0954. The molecule has 0 radical (unpaired) electrons. The average Bonchev–Trinajstić information content (AvgIpc) is 3.28. The fourth-order valence-corrected chi connectivity index (χ4v) is 5.44. The first kappa shape index (κ1) is 24.7. The molecule has 37 heavy (non-hydrogen) atoms. The van der Waals surface area contributed by atoms with Crippen molar-refractivity contribution in [3.63, 3.8) is 0 Å². The molecular weight excluding hydrogens is 450 g/mol. The largest absolute Gasteiger partial charge is 0.212 e. The lowest BCUT2D eigenvalue weighted by molar-refractivity contribution is 0.641. The van der Waals surface area contributed by atoms with Gasteiger partial charge in [-0.25, -0.2) is 9.67 Å². The molecule has 4 aromatic carbocycles. The van der Waals surface area contributed by atoms with Crippen LogP contribution in [-0.4, -0.2) is 14.8 Å². The maximum absolute atomic E-state index is 5.12. The van der Waals surface area contributed by atoms with Crippen molar-refractivity contribution in [1.82, 2.24) is 14.8 Å². The number of aromatic nitrogens is 3. The molecule has 0 amide bonds. The molecule has 1 aromatic heterocycles. The Kier molecular flexibility index (Phi) is 6.33. The summed E-state index contributed by atoms with van der Waals surface area (Å²) in [7, 11) is 0. The van der Waals surface area contributed by atoms with Gasteiger partial charge in [-0.15, -0.1) is 5.10 Å². The van der Waals surface area contributed by atoms with Crippen molar-refractivity contribution in [1.29, 1.82) is 0 Å². The van der Waals surface area contributed by atoms with Gasteiger partial charge in [0.15, 0.2) is 11.6 Å². The van der Waals surface area contributed by atoms with Gasteiger partial charge in [0, 0.05) is 16.5 Å². The highest BCUT2D eigenvalue weighted by Gasteiger charge is 2.24. The van der Waals surface area contributed by atoms with E-state index in [1.165, 1.54) is 38.9 Å². The van der Waals surface area contributed by atoms with E-state index >= 15 is 0 Å². The number of hydrogen-bond donors (Lipinski definition) is 0. The molecule has 3 heteroatoms. The van der Waals surface area contributed by atoms with Gasteiger partial charge in [-0.05, 0) is 69.0 Å². The Labute approximate surface area is 220 Å². The summed E-state index contributed by atoms with van der Waals surface area (Å²) in [6, 6.07) is 30.4. The molecule has 0 fully saturated rings. The van der Waals surface area contributed by atoms with E-state index in [4.69, 9.17) is 10.1 Å². The van der Waals surface area contributed by atoms with Crippen LogP contribution in [0.4, 0.5) is 0 Å². The molecular formula is C34H35N3. The van der Waals surface area contributed by atoms with Gasteiger partial charge >= 0.3 is 0 Å². The average molecular weight is 486 g/mol. The first-order chi connectivity index (χ1) is 17.6. The van der Waals surface area contributed by atoms with Crippen LogP contribution in [0.2, 0.25) is 0 Å². The molecule has 0 aliphatic rings. The summed E-state index contributed by atoms with van der Waals surface area (Å²) in [6.07, 6.45) is 0. The molecule has 3 nitrogen and oxygen atoms in total. The highest BCUT2D eigenvalue weighted by atomic mass is 15.4. The molecule has 5 aromatic rings. The van der Waals surface area contributed by atoms with Crippen molar-refractivity contribution in [2.75, 3.05) is 0 Å². The quantitative estimate of drug-likeness (QED) is 0.250. The third-order valence-corrected chi connectivity index (χ3v) is 7.29. The molecule has 0 unspecified atom stereocenters. The minimum Gasteiger partial charge on any atom is -0.212 e. The van der Waals surface area contributed by atoms with E-state index in [0.717, 1.165) is 28.5 Å². The fourth-order valence-electron chi connectivity index (χ4n) is 5.44. The second kappa shape index (κ2) is 9.48. The highest BCUT2D eigenvalue weighted by Crippen LogP contribution is 2.34. The Balaban J connectivity index is 1.66. The summed E-state index contributed by atoms with van der Waals surface area (Å²) in [6.45, 7) is 15.2. The normalized spacial score (nSPS) is 11.6. The van der Waals surface area contributed by atoms with E-state index in [0.29, 0.717) is 0 Å². The van der Waals surface area contributed by atoms with Gasteiger partial charge in [-0.3, -0.25) is 0 Å². The van der Waals surface area contributed by atoms with Crippen LogP contribution < -0.4 is 0 Å². The van der Waals surface area contributed by atoms with Crippen LogP contribution in [0, 0.1) is 34.6 Å². The summed E-state index contributed by atoms with van der Waals surface area (Å²) in [4.78, 5) is 5.12. The van der Waals surface area contributed by atoms with Gasteiger partial charge in [-0.1, -0.05) is 103 Å². The second-order valence-corrected chi connectivity index (χ2v) is 10.9. The Morgan fingerprint density at radius 1 is 0.595 bits per heavy atom. The van der Waals surface area contributed by atoms with E-state index in [1.807, 2.05) is 4.68 Å². The van der Waals surface area contributed by atoms with Crippen molar-refractivity contribution in [3.8, 4) is 28.5 Å². The van der Waals surface area contributed by atoms with E-state index in [-0.39, 0.29) is 5.41 Å². The predicted molar refractivity (Wildman–Crippen MR) is 154 cm³/mol. The number of aryl methyl sites for hydroxylation is 5. The fraction of sp³-hybridized carbons (Fsp3) is 0.235. The van der Waals surface area contributed by atoms with Crippen molar-refractivity contribution < 1.29 is 0 Å². The van der Waals surface area contributed by atoms with Gasteiger partial charge in [0.2, 0.25) is 0 Å². The van der Waals surface area contributed by atoms with Crippen LogP contribution in [-0.2, 0) is 5.41 Å². The van der Waals surface area contributed by atoms with Crippen LogP contribution >= 0.6 is 0 Å². The zero-order valence-corrected chi connectivity index (χ0v) is 22.9. The number of nitrogens with zero attached hydrogens (tertiary/aromatic N) is 3. The summed E-state index contributed by atoms with van der Waals surface area (Å²) in [5.74, 6) is 1.60.